The summed E-state index contributed by atoms with van der Waals surface area (Å²) in [7, 11) is 0. The average Bonchev–Trinajstić information content (AvgIpc) is 3.09. The fraction of sp³-hybridized carbons (Fsp3) is 0.394. The van der Waals surface area contributed by atoms with Crippen LogP contribution < -0.4 is 21.5 Å². The van der Waals surface area contributed by atoms with E-state index in [1.165, 1.54) is 41.3 Å². The number of unbranched alkanes of at least 4 members (excludes halogenated alkanes) is 1. The van der Waals surface area contributed by atoms with Gasteiger partial charge in [-0.2, -0.15) is 0 Å². The zero-order chi connectivity index (χ0) is 37.2. The summed E-state index contributed by atoms with van der Waals surface area (Å²) in [4.78, 5) is 77.4. The summed E-state index contributed by atoms with van der Waals surface area (Å²) in [6.07, 6.45) is 1.42. The van der Waals surface area contributed by atoms with Gasteiger partial charge in [0.05, 0.1) is 17.2 Å². The molecule has 274 valence electrons. The van der Waals surface area contributed by atoms with E-state index in [4.69, 9.17) is 11.6 Å². The molecule has 1 fully saturated rings. The van der Waals surface area contributed by atoms with Crippen molar-refractivity contribution in [1.82, 2.24) is 31.3 Å². The number of carbonyl (C=O) groups excluding carboxylic acids is 5. The normalized spacial score (nSPS) is 16.5. The summed E-state index contributed by atoms with van der Waals surface area (Å²) in [6, 6.07) is 6.63. The predicted molar refractivity (Wildman–Crippen MR) is 179 cm³/mol. The molecule has 1 saturated heterocycles. The van der Waals surface area contributed by atoms with Gasteiger partial charge in [-0.15, -0.1) is 0 Å². The number of aliphatic carboxylic acids is 1. The number of hydrogen-bond acceptors (Lipinski definition) is 11. The van der Waals surface area contributed by atoms with E-state index in [1.807, 2.05) is 0 Å². The Balaban J connectivity index is 1.25. The van der Waals surface area contributed by atoms with E-state index in [-0.39, 0.29) is 73.2 Å². The van der Waals surface area contributed by atoms with Gasteiger partial charge in [0.15, 0.2) is 23.0 Å². The second-order valence-corrected chi connectivity index (χ2v) is 12.3. The maximum absolute atomic E-state index is 13.2. The van der Waals surface area contributed by atoms with Gasteiger partial charge in [0.1, 0.15) is 11.7 Å². The van der Waals surface area contributed by atoms with Crippen LogP contribution in [0.4, 0.5) is 0 Å². The van der Waals surface area contributed by atoms with Crippen LogP contribution in [0.25, 0.3) is 0 Å². The molecular formula is C33H39ClN6O11. The minimum Gasteiger partial charge on any atom is -0.504 e. The van der Waals surface area contributed by atoms with Crippen molar-refractivity contribution >= 4 is 47.1 Å². The largest absolute Gasteiger partial charge is 0.504 e. The number of aromatic hydroxyl groups is 4. The molecule has 4 rings (SSSR count). The van der Waals surface area contributed by atoms with Crippen molar-refractivity contribution in [1.29, 1.82) is 0 Å². The van der Waals surface area contributed by atoms with Crippen molar-refractivity contribution in [3.63, 3.8) is 0 Å². The number of carbonyl (C=O) groups is 6. The highest BCUT2D eigenvalue weighted by Crippen LogP contribution is 2.38. The lowest BCUT2D eigenvalue weighted by atomic mass is 9.87. The maximum atomic E-state index is 13.2. The number of phenols is 4. The fourth-order valence-corrected chi connectivity index (χ4v) is 5.98. The summed E-state index contributed by atoms with van der Waals surface area (Å²) in [5.74, 6) is -6.02. The van der Waals surface area contributed by atoms with E-state index in [0.717, 1.165) is 4.90 Å². The van der Waals surface area contributed by atoms with Crippen LogP contribution in [0.15, 0.2) is 47.1 Å². The number of carboxylic acid groups (broad SMARTS) is 1. The Bertz CT molecular complexity index is 1720. The Morgan fingerprint density at radius 2 is 1.39 bits per heavy atom. The molecule has 9 N–H and O–H groups in total. The van der Waals surface area contributed by atoms with Crippen LogP contribution in [0.2, 0.25) is 0 Å². The van der Waals surface area contributed by atoms with E-state index in [9.17, 15) is 54.3 Å². The van der Waals surface area contributed by atoms with Crippen LogP contribution in [-0.2, 0) is 19.2 Å². The third-order valence-corrected chi connectivity index (χ3v) is 8.78. The Labute approximate surface area is 296 Å². The number of phenolic OH excluding ortho intramolecular Hbond substituents is 4. The molecule has 0 aliphatic carbocycles. The number of para-hydroxylation sites is 2. The van der Waals surface area contributed by atoms with Gasteiger partial charge >= 0.3 is 5.97 Å². The van der Waals surface area contributed by atoms with Gasteiger partial charge in [-0.05, 0) is 56.4 Å². The monoisotopic (exact) mass is 730 g/mol. The van der Waals surface area contributed by atoms with Gasteiger partial charge < -0.3 is 41.1 Å². The highest BCUT2D eigenvalue weighted by atomic mass is 35.5. The second kappa shape index (κ2) is 17.4. The van der Waals surface area contributed by atoms with Crippen LogP contribution in [0.5, 0.6) is 23.0 Å². The van der Waals surface area contributed by atoms with Gasteiger partial charge in [0.2, 0.25) is 17.7 Å². The second-order valence-electron chi connectivity index (χ2n) is 11.8. The first-order valence-corrected chi connectivity index (χ1v) is 16.5. The number of amides is 5. The summed E-state index contributed by atoms with van der Waals surface area (Å²) < 4.78 is 0. The number of halogens is 1. The number of β-lactam (4-membered cyclic amide) rings is 1. The number of nitrogens with zero attached hydrogens (tertiary/aromatic N) is 2. The van der Waals surface area contributed by atoms with Crippen molar-refractivity contribution in [2.24, 2.45) is 0 Å². The van der Waals surface area contributed by atoms with E-state index in [2.05, 4.69) is 21.5 Å². The molecule has 0 aromatic heterocycles. The number of benzene rings is 2. The van der Waals surface area contributed by atoms with E-state index in [1.54, 1.807) is 0 Å². The highest BCUT2D eigenvalue weighted by molar-refractivity contribution is 6.32. The van der Waals surface area contributed by atoms with Crippen molar-refractivity contribution in [3.8, 4) is 23.0 Å². The zero-order valence-electron chi connectivity index (χ0n) is 27.4. The molecule has 2 atom stereocenters. The molecule has 0 unspecified atom stereocenters. The van der Waals surface area contributed by atoms with Gasteiger partial charge in [-0.25, -0.2) is 10.2 Å². The SMILES string of the molecule is O=C(CCC(=O)N(CCCCNC(=O)c1cccc(O)c1O)CCCNC(=O)c1cccc(O)c1O)NN[C@@H]1C(=O)N2C(C(=O)O)=C(Cl)CC[C@H]12. The number of hydrogen-bond donors (Lipinski definition) is 9. The molecule has 2 aliphatic heterocycles. The summed E-state index contributed by atoms with van der Waals surface area (Å²) >= 11 is 6.00. The number of nitrogens with one attached hydrogen (secondary N) is 4. The minimum atomic E-state index is -1.32. The van der Waals surface area contributed by atoms with Crippen LogP contribution >= 0.6 is 11.6 Å². The smallest absolute Gasteiger partial charge is 0.353 e. The van der Waals surface area contributed by atoms with Crippen molar-refractivity contribution in [3.05, 3.63) is 58.3 Å². The Kier molecular flexibility index (Phi) is 13.1. The van der Waals surface area contributed by atoms with Crippen molar-refractivity contribution < 1.29 is 54.3 Å². The molecule has 0 radical (unpaired) electrons. The Hall–Kier alpha value is -5.55. The molecule has 0 spiro atoms. The summed E-state index contributed by atoms with van der Waals surface area (Å²) in [6.45, 7) is 0.735. The third kappa shape index (κ3) is 9.37. The topological polar surface area (TPSA) is 258 Å². The maximum Gasteiger partial charge on any atom is 0.353 e. The fourth-order valence-electron chi connectivity index (χ4n) is 5.70. The van der Waals surface area contributed by atoms with Crippen molar-refractivity contribution in [2.75, 3.05) is 26.2 Å². The third-order valence-electron chi connectivity index (χ3n) is 8.42. The lowest BCUT2D eigenvalue weighted by Crippen LogP contribution is -2.73. The van der Waals surface area contributed by atoms with E-state index >= 15 is 0 Å². The average molecular weight is 731 g/mol. The molecule has 51 heavy (non-hydrogen) atoms. The molecule has 2 heterocycles. The first-order chi connectivity index (χ1) is 24.3. The van der Waals surface area contributed by atoms with Gasteiger partial charge in [-0.1, -0.05) is 23.7 Å². The molecule has 2 aromatic carbocycles. The zero-order valence-corrected chi connectivity index (χ0v) is 28.1. The van der Waals surface area contributed by atoms with Gasteiger partial charge in [0.25, 0.3) is 11.8 Å². The Morgan fingerprint density at radius 3 is 1.98 bits per heavy atom. The molecular weight excluding hydrogens is 692 g/mol. The van der Waals surface area contributed by atoms with E-state index < -0.39 is 64.7 Å². The molecule has 5 amide bonds. The number of allylic oxidation sites excluding steroid dienone is 1. The first-order valence-electron chi connectivity index (χ1n) is 16.2. The molecule has 2 aliphatic rings. The van der Waals surface area contributed by atoms with Crippen LogP contribution in [0.1, 0.15) is 65.7 Å². The predicted octanol–water partition coefficient (Wildman–Crippen LogP) is 0.977. The minimum absolute atomic E-state index is 0.0779. The number of hydrazine groups is 1. The lowest BCUT2D eigenvalue weighted by Gasteiger charge is -2.49. The first kappa shape index (κ1) is 38.3. The standard InChI is InChI=1S/C33H39ClN6O11/c34-20-10-11-21-26(32(49)40(21)27(20)33(50)51)38-37-24(43)12-13-25(44)39(17-5-15-36-31(48)19-7-4-9-23(42)29(19)46)16-2-1-14-35-30(47)18-6-3-8-22(41)28(18)45/h3-4,6-9,21,26,38,41-42,45-46H,1-2,5,10-17H2,(H,35,47)(H,36,48)(H,37,43)(H,50,51)/t21-,26+/m1/s1. The molecule has 0 saturated carbocycles. The number of rotatable bonds is 17. The summed E-state index contributed by atoms with van der Waals surface area (Å²) in [5.41, 5.74) is 4.56. The lowest BCUT2D eigenvalue weighted by molar-refractivity contribution is -0.155. The van der Waals surface area contributed by atoms with E-state index in [0.29, 0.717) is 25.7 Å². The molecule has 18 heteroatoms. The highest BCUT2D eigenvalue weighted by Gasteiger charge is 2.52. The molecule has 2 aromatic rings. The van der Waals surface area contributed by atoms with Crippen LogP contribution in [0.3, 0.4) is 0 Å². The van der Waals surface area contributed by atoms with Crippen LogP contribution in [-0.4, -0.2) is 109 Å². The Morgan fingerprint density at radius 1 is 0.824 bits per heavy atom. The molecule has 17 nitrogen and oxygen atoms in total. The molecule has 0 bridgehead atoms. The van der Waals surface area contributed by atoms with Crippen molar-refractivity contribution in [2.45, 2.75) is 57.0 Å². The summed E-state index contributed by atoms with van der Waals surface area (Å²) in [5, 5.41) is 53.9. The number of carboxylic acids is 1. The van der Waals surface area contributed by atoms with Gasteiger partial charge in [0, 0.05) is 44.1 Å². The van der Waals surface area contributed by atoms with Crippen LogP contribution in [0, 0.1) is 0 Å². The van der Waals surface area contributed by atoms with Gasteiger partial charge in [-0.3, -0.25) is 34.3 Å². The quantitative estimate of drug-likeness (QED) is 0.0478. The number of fused-ring (bicyclic) bond motifs is 1.